The van der Waals surface area contributed by atoms with Gasteiger partial charge < -0.3 is 0 Å². The van der Waals surface area contributed by atoms with Gasteiger partial charge in [-0.3, -0.25) is 0 Å². The quantitative estimate of drug-likeness (QED) is 0.362. The molecule has 0 aromatic heterocycles. The molecule has 4 aromatic rings. The van der Waals surface area contributed by atoms with Gasteiger partial charge in [-0.15, -0.1) is 0 Å². The molecule has 0 radical (unpaired) electrons. The predicted octanol–water partition coefficient (Wildman–Crippen LogP) is 7.28. The van der Waals surface area contributed by atoms with Gasteiger partial charge >= 0.3 is 0 Å². The summed E-state index contributed by atoms with van der Waals surface area (Å²) in [6.45, 7) is 0. The van der Waals surface area contributed by atoms with Crippen LogP contribution in [0.3, 0.4) is 0 Å². The Kier molecular flexibility index (Phi) is 6.21. The minimum Gasteiger partial charge on any atom is -0.197 e. The minimum absolute atomic E-state index is 0. The first kappa shape index (κ1) is 18.4. The molecule has 4 rings (SSSR count). The molecule has 0 aliphatic carbocycles. The average Bonchev–Trinajstić information content (AvgIpc) is 2.70. The second-order valence-electron chi connectivity index (χ2n) is 5.82. The van der Waals surface area contributed by atoms with E-state index in [1.165, 1.54) is 32.0 Å². The third kappa shape index (κ3) is 4.04. The Balaban J connectivity index is 0.00000196. The SMILES string of the molecule is S.c1ccc(Sc2ccccc2-c2ccccc2-c2ccccc2)cc1. The molecule has 128 valence electrons. The molecule has 0 amide bonds. The van der Waals surface area contributed by atoms with Gasteiger partial charge in [-0.25, -0.2) is 0 Å². The van der Waals surface area contributed by atoms with Crippen LogP contribution in [0.15, 0.2) is 119 Å². The van der Waals surface area contributed by atoms with Crippen LogP contribution in [0.5, 0.6) is 0 Å². The van der Waals surface area contributed by atoms with Crippen LogP contribution in [-0.4, -0.2) is 0 Å². The fraction of sp³-hybridized carbons (Fsp3) is 0. The van der Waals surface area contributed by atoms with Gasteiger partial charge in [0.25, 0.3) is 0 Å². The Hall–Kier alpha value is -2.42. The first-order valence-electron chi connectivity index (χ1n) is 8.38. The molecule has 0 spiro atoms. The summed E-state index contributed by atoms with van der Waals surface area (Å²) >= 11 is 1.81. The van der Waals surface area contributed by atoms with Gasteiger partial charge in [-0.1, -0.05) is 103 Å². The molecule has 0 atom stereocenters. The lowest BCUT2D eigenvalue weighted by molar-refractivity contribution is 1.40. The largest absolute Gasteiger partial charge is 0.197 e. The summed E-state index contributed by atoms with van der Waals surface area (Å²) in [6, 6.07) is 38.4. The van der Waals surface area contributed by atoms with Gasteiger partial charge in [0, 0.05) is 9.79 Å². The summed E-state index contributed by atoms with van der Waals surface area (Å²) in [7, 11) is 0. The molecule has 0 aliphatic heterocycles. The van der Waals surface area contributed by atoms with E-state index in [0.717, 1.165) is 0 Å². The van der Waals surface area contributed by atoms with E-state index in [4.69, 9.17) is 0 Å². The highest BCUT2D eigenvalue weighted by Gasteiger charge is 2.11. The molecule has 26 heavy (non-hydrogen) atoms. The van der Waals surface area contributed by atoms with Gasteiger partial charge in [-0.05, 0) is 40.5 Å². The summed E-state index contributed by atoms with van der Waals surface area (Å²) < 4.78 is 0. The Labute approximate surface area is 166 Å². The van der Waals surface area contributed by atoms with E-state index in [1.54, 1.807) is 0 Å². The van der Waals surface area contributed by atoms with Crippen LogP contribution in [0.25, 0.3) is 22.3 Å². The van der Waals surface area contributed by atoms with E-state index >= 15 is 0 Å². The summed E-state index contributed by atoms with van der Waals surface area (Å²) in [5.41, 5.74) is 5.06. The highest BCUT2D eigenvalue weighted by molar-refractivity contribution is 7.99. The van der Waals surface area contributed by atoms with Gasteiger partial charge in [-0.2, -0.15) is 13.5 Å². The van der Waals surface area contributed by atoms with Crippen LogP contribution in [0.2, 0.25) is 0 Å². The fourth-order valence-corrected chi connectivity index (χ4v) is 3.96. The normalized spacial score (nSPS) is 10.2. The fourth-order valence-electron chi connectivity index (χ4n) is 2.98. The van der Waals surface area contributed by atoms with E-state index in [2.05, 4.69) is 109 Å². The molecule has 0 saturated heterocycles. The van der Waals surface area contributed by atoms with Crippen LogP contribution in [0.1, 0.15) is 0 Å². The van der Waals surface area contributed by atoms with Gasteiger partial charge in [0.1, 0.15) is 0 Å². The standard InChI is InChI=1S/C24H18S.H2S/c1-3-11-19(12-4-1)21-15-7-8-16-22(21)23-17-9-10-18-24(23)25-20-13-5-2-6-14-20;/h1-18H;1H2. The van der Waals surface area contributed by atoms with E-state index in [1.807, 2.05) is 11.8 Å². The first-order valence-corrected chi connectivity index (χ1v) is 9.20. The van der Waals surface area contributed by atoms with Crippen LogP contribution in [0.4, 0.5) is 0 Å². The molecule has 4 aromatic carbocycles. The van der Waals surface area contributed by atoms with Crippen molar-refractivity contribution in [3.8, 4) is 22.3 Å². The summed E-state index contributed by atoms with van der Waals surface area (Å²) in [6.07, 6.45) is 0. The second-order valence-corrected chi connectivity index (χ2v) is 6.94. The van der Waals surface area contributed by atoms with Gasteiger partial charge in [0.05, 0.1) is 0 Å². The highest BCUT2D eigenvalue weighted by Crippen LogP contribution is 2.39. The van der Waals surface area contributed by atoms with Crippen molar-refractivity contribution in [2.24, 2.45) is 0 Å². The lowest BCUT2D eigenvalue weighted by Gasteiger charge is -2.14. The first-order chi connectivity index (χ1) is 12.4. The maximum atomic E-state index is 2.22. The Morgan fingerprint density at radius 1 is 0.423 bits per heavy atom. The lowest BCUT2D eigenvalue weighted by Crippen LogP contribution is -1.87. The van der Waals surface area contributed by atoms with E-state index in [0.29, 0.717) is 0 Å². The monoisotopic (exact) mass is 372 g/mol. The number of rotatable bonds is 4. The minimum atomic E-state index is 0. The molecule has 0 heterocycles. The van der Waals surface area contributed by atoms with Crippen LogP contribution >= 0.6 is 25.3 Å². The molecule has 0 bridgehead atoms. The van der Waals surface area contributed by atoms with Crippen LogP contribution < -0.4 is 0 Å². The Morgan fingerprint density at radius 2 is 0.923 bits per heavy atom. The second kappa shape index (κ2) is 8.79. The molecule has 2 heteroatoms. The summed E-state index contributed by atoms with van der Waals surface area (Å²) in [4.78, 5) is 2.53. The van der Waals surface area contributed by atoms with E-state index in [9.17, 15) is 0 Å². The highest BCUT2D eigenvalue weighted by atomic mass is 32.2. The molecule has 0 fully saturated rings. The number of hydrogen-bond acceptors (Lipinski definition) is 1. The maximum Gasteiger partial charge on any atom is 0.0201 e. The average molecular weight is 373 g/mol. The third-order valence-electron chi connectivity index (χ3n) is 4.16. The molecule has 0 N–H and O–H groups in total. The summed E-state index contributed by atoms with van der Waals surface area (Å²) in [5.74, 6) is 0. The molecular weight excluding hydrogens is 352 g/mol. The van der Waals surface area contributed by atoms with Gasteiger partial charge in [0.2, 0.25) is 0 Å². The van der Waals surface area contributed by atoms with Crippen molar-refractivity contribution in [3.05, 3.63) is 109 Å². The zero-order valence-corrected chi connectivity index (χ0v) is 16.1. The molecule has 0 unspecified atom stereocenters. The number of hydrogen-bond donors (Lipinski definition) is 0. The van der Waals surface area contributed by atoms with Crippen LogP contribution in [0, 0.1) is 0 Å². The topological polar surface area (TPSA) is 0 Å². The maximum absolute atomic E-state index is 2.22. The van der Waals surface area contributed by atoms with Crippen LogP contribution in [-0.2, 0) is 0 Å². The van der Waals surface area contributed by atoms with Crippen molar-refractivity contribution in [1.29, 1.82) is 0 Å². The van der Waals surface area contributed by atoms with Gasteiger partial charge in [0.15, 0.2) is 0 Å². The lowest BCUT2D eigenvalue weighted by atomic mass is 9.95. The van der Waals surface area contributed by atoms with Crippen molar-refractivity contribution in [2.45, 2.75) is 9.79 Å². The van der Waals surface area contributed by atoms with Crippen molar-refractivity contribution in [1.82, 2.24) is 0 Å². The smallest absolute Gasteiger partial charge is 0.0201 e. The van der Waals surface area contributed by atoms with E-state index in [-0.39, 0.29) is 13.5 Å². The van der Waals surface area contributed by atoms with Crippen molar-refractivity contribution >= 4 is 25.3 Å². The molecule has 0 nitrogen and oxygen atoms in total. The zero-order chi connectivity index (χ0) is 16.9. The van der Waals surface area contributed by atoms with Crippen molar-refractivity contribution in [2.75, 3.05) is 0 Å². The Morgan fingerprint density at radius 3 is 1.62 bits per heavy atom. The zero-order valence-electron chi connectivity index (χ0n) is 14.3. The molecular formula is C24H20S2. The molecule has 0 saturated carbocycles. The van der Waals surface area contributed by atoms with Crippen molar-refractivity contribution in [3.63, 3.8) is 0 Å². The third-order valence-corrected chi connectivity index (χ3v) is 5.24. The summed E-state index contributed by atoms with van der Waals surface area (Å²) in [5, 5.41) is 0. The predicted molar refractivity (Wildman–Crippen MR) is 118 cm³/mol. The van der Waals surface area contributed by atoms with E-state index < -0.39 is 0 Å². The van der Waals surface area contributed by atoms with Crippen molar-refractivity contribution < 1.29 is 0 Å². The number of benzene rings is 4. The Bertz CT molecular complexity index is 963. The molecule has 0 aliphatic rings.